The van der Waals surface area contributed by atoms with Crippen molar-refractivity contribution >= 4 is 12.0 Å². The van der Waals surface area contributed by atoms with Crippen molar-refractivity contribution in [2.24, 2.45) is 11.8 Å². The normalized spacial score (nSPS) is 23.6. The van der Waals surface area contributed by atoms with Crippen LogP contribution in [0.15, 0.2) is 45.6 Å². The van der Waals surface area contributed by atoms with E-state index < -0.39 is 11.7 Å². The second-order valence-electron chi connectivity index (χ2n) is 10.2. The van der Waals surface area contributed by atoms with Gasteiger partial charge in [0, 0.05) is 50.7 Å². The van der Waals surface area contributed by atoms with Gasteiger partial charge in [-0.1, -0.05) is 30.3 Å². The molecule has 1 aromatic heterocycles. The smallest absolute Gasteiger partial charge is 0.407 e. The number of fused-ring (bicyclic) bond motifs is 1. The van der Waals surface area contributed by atoms with Crippen molar-refractivity contribution < 1.29 is 19.1 Å². The number of aryl methyl sites for hydroxylation is 2. The van der Waals surface area contributed by atoms with E-state index in [-0.39, 0.29) is 11.3 Å². The largest absolute Gasteiger partial charge is 0.465 e. The first-order chi connectivity index (χ1) is 16.3. The summed E-state index contributed by atoms with van der Waals surface area (Å²) in [6.45, 7) is 8.80. The van der Waals surface area contributed by atoms with Gasteiger partial charge in [-0.05, 0) is 49.8 Å². The molecule has 2 aromatic rings. The number of benzene rings is 1. The summed E-state index contributed by atoms with van der Waals surface area (Å²) in [5, 5.41) is 9.36. The summed E-state index contributed by atoms with van der Waals surface area (Å²) in [6.07, 6.45) is 0.0693. The lowest BCUT2D eigenvalue weighted by atomic mass is 9.71. The minimum atomic E-state index is -0.852. The third-order valence-electron chi connectivity index (χ3n) is 7.95. The maximum Gasteiger partial charge on any atom is 0.407 e. The number of carbonyl (C=O) groups excluding carboxylic acids is 1. The molecule has 3 saturated heterocycles. The van der Waals surface area contributed by atoms with Gasteiger partial charge in [0.15, 0.2) is 0 Å². The summed E-state index contributed by atoms with van der Waals surface area (Å²) in [5.41, 5.74) is 1.84. The first-order valence-corrected chi connectivity index (χ1v) is 11.9. The fourth-order valence-electron chi connectivity index (χ4n) is 6.14. The van der Waals surface area contributed by atoms with E-state index in [1.165, 1.54) is 16.5 Å². The first kappa shape index (κ1) is 22.7. The fourth-order valence-corrected chi connectivity index (χ4v) is 6.14. The highest BCUT2D eigenvalue weighted by Gasteiger charge is 2.48. The molecule has 0 spiro atoms. The van der Waals surface area contributed by atoms with Crippen LogP contribution in [0.25, 0.3) is 0 Å². The van der Waals surface area contributed by atoms with Gasteiger partial charge < -0.3 is 24.2 Å². The van der Waals surface area contributed by atoms with Crippen LogP contribution in [0, 0.1) is 25.7 Å². The molecule has 5 rings (SSSR count). The molecule has 3 aliphatic heterocycles. The van der Waals surface area contributed by atoms with Crippen LogP contribution < -0.4 is 5.63 Å². The Kier molecular flexibility index (Phi) is 5.72. The van der Waals surface area contributed by atoms with Crippen LogP contribution in [0.2, 0.25) is 0 Å². The van der Waals surface area contributed by atoms with Crippen LogP contribution in [0.4, 0.5) is 4.79 Å². The molecule has 2 amide bonds. The van der Waals surface area contributed by atoms with Gasteiger partial charge in [-0.3, -0.25) is 4.79 Å². The van der Waals surface area contributed by atoms with E-state index in [1.54, 1.807) is 13.8 Å². The Bertz CT molecular complexity index is 1110. The predicted octanol–water partition coefficient (Wildman–Crippen LogP) is 2.58. The second kappa shape index (κ2) is 8.58. The third kappa shape index (κ3) is 4.00. The van der Waals surface area contributed by atoms with Crippen LogP contribution in [0.5, 0.6) is 0 Å². The Labute approximate surface area is 198 Å². The first-order valence-electron chi connectivity index (χ1n) is 11.9. The molecule has 2 unspecified atom stereocenters. The summed E-state index contributed by atoms with van der Waals surface area (Å²) in [6, 6.07) is 11.6. The Hall–Kier alpha value is -3.13. The molecule has 3 aliphatic rings. The van der Waals surface area contributed by atoms with Crippen LogP contribution in [-0.2, 0) is 5.41 Å². The van der Waals surface area contributed by atoms with Crippen LogP contribution >= 0.6 is 0 Å². The topological polar surface area (TPSA) is 94.3 Å². The molecule has 34 heavy (non-hydrogen) atoms. The van der Waals surface area contributed by atoms with Gasteiger partial charge in [0.25, 0.3) is 5.91 Å². The predicted molar refractivity (Wildman–Crippen MR) is 126 cm³/mol. The number of carbonyl (C=O) groups is 2. The van der Waals surface area contributed by atoms with E-state index in [1.807, 2.05) is 23.1 Å². The molecule has 8 heteroatoms. The summed E-state index contributed by atoms with van der Waals surface area (Å²) in [5.74, 6) is 1.21. The highest BCUT2D eigenvalue weighted by molar-refractivity contribution is 5.96. The molecular formula is C26H31N3O5. The van der Waals surface area contributed by atoms with Gasteiger partial charge in [-0.15, -0.1) is 0 Å². The van der Waals surface area contributed by atoms with E-state index in [0.29, 0.717) is 54.9 Å². The van der Waals surface area contributed by atoms with Crippen molar-refractivity contribution in [3.8, 4) is 0 Å². The molecule has 1 N–H and O–H groups in total. The molecule has 0 radical (unpaired) electrons. The highest BCUT2D eigenvalue weighted by atomic mass is 16.4. The van der Waals surface area contributed by atoms with Crippen molar-refractivity contribution in [2.75, 3.05) is 45.8 Å². The number of rotatable bonds is 5. The van der Waals surface area contributed by atoms with Gasteiger partial charge >= 0.3 is 11.7 Å². The van der Waals surface area contributed by atoms with Crippen molar-refractivity contribution in [2.45, 2.75) is 25.7 Å². The lowest BCUT2D eigenvalue weighted by Crippen LogP contribution is -2.61. The number of carboxylic acid groups (broad SMARTS) is 1. The molecule has 1 aromatic carbocycles. The van der Waals surface area contributed by atoms with Crippen molar-refractivity contribution in [3.05, 3.63) is 69.3 Å². The summed E-state index contributed by atoms with van der Waals surface area (Å²) >= 11 is 0. The number of hydrogen-bond acceptors (Lipinski definition) is 5. The Morgan fingerprint density at radius 2 is 1.68 bits per heavy atom. The Morgan fingerprint density at radius 3 is 2.26 bits per heavy atom. The van der Waals surface area contributed by atoms with E-state index >= 15 is 0 Å². The Balaban J connectivity index is 1.20. The maximum absolute atomic E-state index is 13.2. The fraction of sp³-hybridized carbons (Fsp3) is 0.500. The quantitative estimate of drug-likeness (QED) is 0.730. The van der Waals surface area contributed by atoms with Crippen LogP contribution in [0.1, 0.15) is 33.7 Å². The standard InChI is InChI=1S/C26H31N3O5/c1-17-10-22(30)34-18(2)23(17)24(31)28-13-19-11-27(12-20(19)14-28)9-8-26(15-29(16-26)25(32)33)21-6-4-3-5-7-21/h3-7,10,19-20H,8-9,11-16H2,1-2H3,(H,32,33). The molecular weight excluding hydrogens is 434 g/mol. The second-order valence-corrected chi connectivity index (χ2v) is 10.2. The van der Waals surface area contributed by atoms with Gasteiger partial charge in [0.2, 0.25) is 0 Å². The molecule has 0 saturated carbocycles. The Morgan fingerprint density at radius 1 is 1.03 bits per heavy atom. The minimum Gasteiger partial charge on any atom is -0.465 e. The van der Waals surface area contributed by atoms with Crippen molar-refractivity contribution in [3.63, 3.8) is 0 Å². The zero-order valence-electron chi connectivity index (χ0n) is 19.7. The van der Waals surface area contributed by atoms with E-state index in [9.17, 15) is 19.5 Å². The monoisotopic (exact) mass is 465 g/mol. The molecule has 0 bridgehead atoms. The molecule has 3 fully saturated rings. The maximum atomic E-state index is 13.2. The van der Waals surface area contributed by atoms with E-state index in [2.05, 4.69) is 17.0 Å². The average Bonchev–Trinajstić information content (AvgIpc) is 3.31. The SMILES string of the molecule is Cc1cc(=O)oc(C)c1C(=O)N1CC2CN(CCC3(c4ccccc4)CN(C(=O)O)C3)CC2C1. The van der Waals surface area contributed by atoms with Gasteiger partial charge in [0.05, 0.1) is 5.56 Å². The van der Waals surface area contributed by atoms with Crippen molar-refractivity contribution in [1.29, 1.82) is 0 Å². The van der Waals surface area contributed by atoms with E-state index in [0.717, 1.165) is 26.1 Å². The number of likely N-dealkylation sites (tertiary alicyclic amines) is 3. The zero-order valence-corrected chi connectivity index (χ0v) is 19.7. The summed E-state index contributed by atoms with van der Waals surface area (Å²) < 4.78 is 5.17. The molecule has 180 valence electrons. The molecule has 8 nitrogen and oxygen atoms in total. The zero-order chi connectivity index (χ0) is 24.0. The summed E-state index contributed by atoms with van der Waals surface area (Å²) in [4.78, 5) is 42.0. The minimum absolute atomic E-state index is 0.0500. The van der Waals surface area contributed by atoms with Crippen LogP contribution in [-0.4, -0.2) is 77.6 Å². The summed E-state index contributed by atoms with van der Waals surface area (Å²) in [7, 11) is 0. The lowest BCUT2D eigenvalue weighted by Gasteiger charge is -2.50. The number of amides is 2. The third-order valence-corrected chi connectivity index (χ3v) is 7.95. The van der Waals surface area contributed by atoms with Crippen molar-refractivity contribution in [1.82, 2.24) is 14.7 Å². The average molecular weight is 466 g/mol. The number of hydrogen-bond donors (Lipinski definition) is 1. The van der Waals surface area contributed by atoms with Gasteiger partial charge in [0.1, 0.15) is 5.76 Å². The van der Waals surface area contributed by atoms with Gasteiger partial charge in [-0.25, -0.2) is 9.59 Å². The van der Waals surface area contributed by atoms with Gasteiger partial charge in [-0.2, -0.15) is 0 Å². The van der Waals surface area contributed by atoms with E-state index in [4.69, 9.17) is 4.42 Å². The molecule has 0 aliphatic carbocycles. The van der Waals surface area contributed by atoms with Crippen LogP contribution in [0.3, 0.4) is 0 Å². The number of nitrogens with zero attached hydrogens (tertiary/aromatic N) is 3. The lowest BCUT2D eigenvalue weighted by molar-refractivity contribution is 0.0491. The molecule has 4 heterocycles. The highest BCUT2D eigenvalue weighted by Crippen LogP contribution is 2.39. The molecule has 2 atom stereocenters.